The highest BCUT2D eigenvalue weighted by Crippen LogP contribution is 2.38. The van der Waals surface area contributed by atoms with Gasteiger partial charge < -0.3 is 5.73 Å². The van der Waals surface area contributed by atoms with Gasteiger partial charge in [0.1, 0.15) is 0 Å². The molecule has 0 radical (unpaired) electrons. The summed E-state index contributed by atoms with van der Waals surface area (Å²) in [7, 11) is 0. The summed E-state index contributed by atoms with van der Waals surface area (Å²) >= 11 is 0. The molecular weight excluding hydrogens is 186 g/mol. The number of carbonyl (C=O) groups is 1. The van der Waals surface area contributed by atoms with E-state index in [1.165, 1.54) is 25.3 Å². The second-order valence-corrected chi connectivity index (χ2v) is 5.25. The lowest BCUT2D eigenvalue weighted by molar-refractivity contribution is -0.113. The van der Waals surface area contributed by atoms with Crippen molar-refractivity contribution in [1.29, 1.82) is 0 Å². The number of nitrogens with two attached hydrogens (primary N) is 1. The summed E-state index contributed by atoms with van der Waals surface area (Å²) in [5.41, 5.74) is 5.14. The van der Waals surface area contributed by atoms with Gasteiger partial charge in [-0.1, -0.05) is 33.3 Å². The predicted octanol–water partition coefficient (Wildman–Crippen LogP) is 2.74. The van der Waals surface area contributed by atoms with Crippen molar-refractivity contribution < 1.29 is 4.79 Å². The summed E-state index contributed by atoms with van der Waals surface area (Å²) in [6.07, 6.45) is 7.38. The van der Waals surface area contributed by atoms with E-state index >= 15 is 0 Å². The van der Waals surface area contributed by atoms with E-state index in [4.69, 9.17) is 5.73 Å². The number of primary amides is 1. The molecule has 1 aliphatic rings. The van der Waals surface area contributed by atoms with E-state index in [-0.39, 0.29) is 5.91 Å². The first-order chi connectivity index (χ1) is 7.00. The summed E-state index contributed by atoms with van der Waals surface area (Å²) in [5, 5.41) is 0. The van der Waals surface area contributed by atoms with Crippen LogP contribution in [0.5, 0.6) is 0 Å². The van der Waals surface area contributed by atoms with Crippen molar-refractivity contribution in [3.8, 4) is 0 Å². The Labute approximate surface area is 92.9 Å². The van der Waals surface area contributed by atoms with Crippen molar-refractivity contribution in [1.82, 2.24) is 0 Å². The number of allylic oxidation sites excluding steroid dienone is 1. The largest absolute Gasteiger partial charge is 0.366 e. The SMILES string of the molecule is CC1CCC(C(C)C)C(C=CC(N)=O)C1. The lowest BCUT2D eigenvalue weighted by Gasteiger charge is -2.35. The smallest absolute Gasteiger partial charge is 0.241 e. The molecule has 1 saturated carbocycles. The zero-order valence-corrected chi connectivity index (χ0v) is 10.1. The number of carbonyl (C=O) groups excluding carboxylic acids is 1. The third-order valence-electron chi connectivity index (χ3n) is 3.58. The lowest BCUT2D eigenvalue weighted by Crippen LogP contribution is -2.26. The van der Waals surface area contributed by atoms with Gasteiger partial charge in [-0.05, 0) is 42.6 Å². The molecule has 1 aliphatic carbocycles. The molecule has 2 N–H and O–H groups in total. The van der Waals surface area contributed by atoms with Crippen molar-refractivity contribution in [2.45, 2.75) is 40.0 Å². The molecule has 0 saturated heterocycles. The van der Waals surface area contributed by atoms with Crippen molar-refractivity contribution in [3.63, 3.8) is 0 Å². The van der Waals surface area contributed by atoms with Crippen molar-refractivity contribution >= 4 is 5.91 Å². The number of hydrogen-bond donors (Lipinski definition) is 1. The lowest BCUT2D eigenvalue weighted by atomic mass is 9.70. The molecule has 3 atom stereocenters. The van der Waals surface area contributed by atoms with Crippen molar-refractivity contribution in [3.05, 3.63) is 12.2 Å². The summed E-state index contributed by atoms with van der Waals surface area (Å²) in [6, 6.07) is 0. The molecule has 0 spiro atoms. The van der Waals surface area contributed by atoms with Crippen LogP contribution in [0, 0.1) is 23.7 Å². The van der Waals surface area contributed by atoms with Gasteiger partial charge in [-0.15, -0.1) is 0 Å². The fourth-order valence-electron chi connectivity index (χ4n) is 2.72. The van der Waals surface area contributed by atoms with E-state index in [0.717, 1.165) is 11.8 Å². The van der Waals surface area contributed by atoms with Crippen molar-refractivity contribution in [2.75, 3.05) is 0 Å². The monoisotopic (exact) mass is 209 g/mol. The van der Waals surface area contributed by atoms with Gasteiger partial charge in [-0.3, -0.25) is 4.79 Å². The van der Waals surface area contributed by atoms with Crippen LogP contribution in [0.1, 0.15) is 40.0 Å². The van der Waals surface area contributed by atoms with Crippen LogP contribution in [0.4, 0.5) is 0 Å². The number of hydrogen-bond acceptors (Lipinski definition) is 1. The highest BCUT2D eigenvalue weighted by molar-refractivity contribution is 5.85. The second kappa shape index (κ2) is 5.34. The quantitative estimate of drug-likeness (QED) is 0.714. The Bertz CT molecular complexity index is 245. The summed E-state index contributed by atoms with van der Waals surface area (Å²) in [6.45, 7) is 6.83. The van der Waals surface area contributed by atoms with Crippen LogP contribution in [0.25, 0.3) is 0 Å². The minimum atomic E-state index is -0.323. The molecular formula is C13H23NO. The first-order valence-corrected chi connectivity index (χ1v) is 5.98. The van der Waals surface area contributed by atoms with Gasteiger partial charge in [-0.2, -0.15) is 0 Å². The number of rotatable bonds is 3. The van der Waals surface area contributed by atoms with Crippen LogP contribution < -0.4 is 5.73 Å². The third kappa shape index (κ3) is 3.69. The Morgan fingerprint density at radius 1 is 1.40 bits per heavy atom. The Balaban J connectivity index is 2.66. The average Bonchev–Trinajstić information content (AvgIpc) is 2.14. The molecule has 1 rings (SSSR count). The molecule has 0 heterocycles. The molecule has 0 aromatic rings. The highest BCUT2D eigenvalue weighted by atomic mass is 16.1. The Hall–Kier alpha value is -0.790. The summed E-state index contributed by atoms with van der Waals surface area (Å²) in [5.74, 6) is 2.41. The molecule has 0 aliphatic heterocycles. The van der Waals surface area contributed by atoms with Crippen LogP contribution in [-0.4, -0.2) is 5.91 Å². The number of amides is 1. The van der Waals surface area contributed by atoms with E-state index in [1.54, 1.807) is 0 Å². The Kier molecular flexibility index (Phi) is 4.37. The van der Waals surface area contributed by atoms with E-state index in [2.05, 4.69) is 20.8 Å². The minimum Gasteiger partial charge on any atom is -0.366 e. The molecule has 1 amide bonds. The Morgan fingerprint density at radius 2 is 2.07 bits per heavy atom. The van der Waals surface area contributed by atoms with Crippen LogP contribution in [0.2, 0.25) is 0 Å². The zero-order chi connectivity index (χ0) is 11.4. The molecule has 3 unspecified atom stereocenters. The second-order valence-electron chi connectivity index (χ2n) is 5.25. The normalized spacial score (nSPS) is 32.4. The Morgan fingerprint density at radius 3 is 2.60 bits per heavy atom. The van der Waals surface area contributed by atoms with Gasteiger partial charge in [-0.25, -0.2) is 0 Å². The van der Waals surface area contributed by atoms with Gasteiger partial charge >= 0.3 is 0 Å². The average molecular weight is 209 g/mol. The molecule has 0 aromatic carbocycles. The summed E-state index contributed by atoms with van der Waals surface area (Å²) < 4.78 is 0. The maximum Gasteiger partial charge on any atom is 0.241 e. The first kappa shape index (κ1) is 12.3. The fourth-order valence-corrected chi connectivity index (χ4v) is 2.72. The minimum absolute atomic E-state index is 0.323. The fraction of sp³-hybridized carbons (Fsp3) is 0.769. The zero-order valence-electron chi connectivity index (χ0n) is 10.1. The van der Waals surface area contributed by atoms with Crippen molar-refractivity contribution in [2.24, 2.45) is 29.4 Å². The van der Waals surface area contributed by atoms with Gasteiger partial charge in [0.2, 0.25) is 5.91 Å². The van der Waals surface area contributed by atoms with E-state index in [0.29, 0.717) is 11.8 Å². The first-order valence-electron chi connectivity index (χ1n) is 5.98. The highest BCUT2D eigenvalue weighted by Gasteiger charge is 2.28. The molecule has 2 heteroatoms. The topological polar surface area (TPSA) is 43.1 Å². The van der Waals surface area contributed by atoms with Crippen LogP contribution in [0.15, 0.2) is 12.2 Å². The van der Waals surface area contributed by atoms with Crippen LogP contribution in [0.3, 0.4) is 0 Å². The third-order valence-corrected chi connectivity index (χ3v) is 3.58. The standard InChI is InChI=1S/C13H23NO/c1-9(2)12-6-4-10(3)8-11(12)5-7-13(14)15/h5,7,9-12H,4,6,8H2,1-3H3,(H2,14,15). The maximum atomic E-state index is 10.7. The molecule has 2 nitrogen and oxygen atoms in total. The molecule has 1 fully saturated rings. The van der Waals surface area contributed by atoms with Gasteiger partial charge in [0.25, 0.3) is 0 Å². The van der Waals surface area contributed by atoms with E-state index in [9.17, 15) is 4.79 Å². The molecule has 15 heavy (non-hydrogen) atoms. The molecule has 0 aromatic heterocycles. The van der Waals surface area contributed by atoms with E-state index < -0.39 is 0 Å². The predicted molar refractivity (Wildman–Crippen MR) is 63.2 cm³/mol. The van der Waals surface area contributed by atoms with E-state index in [1.807, 2.05) is 6.08 Å². The molecule has 0 bridgehead atoms. The van der Waals surface area contributed by atoms with Crippen LogP contribution in [-0.2, 0) is 4.79 Å². The summed E-state index contributed by atoms with van der Waals surface area (Å²) in [4.78, 5) is 10.7. The molecule has 86 valence electrons. The van der Waals surface area contributed by atoms with Crippen LogP contribution >= 0.6 is 0 Å². The van der Waals surface area contributed by atoms with Gasteiger partial charge in [0, 0.05) is 0 Å². The van der Waals surface area contributed by atoms with Gasteiger partial charge in [0.05, 0.1) is 0 Å². The maximum absolute atomic E-state index is 10.7. The van der Waals surface area contributed by atoms with Gasteiger partial charge in [0.15, 0.2) is 0 Å².